The fraction of sp³-hybridized carbons (Fsp3) is 0.778. The van der Waals surface area contributed by atoms with E-state index in [1.165, 1.54) is 14.2 Å². The van der Waals surface area contributed by atoms with Crippen LogP contribution in [0.1, 0.15) is 12.8 Å². The highest BCUT2D eigenvalue weighted by molar-refractivity contribution is 5.81. The van der Waals surface area contributed by atoms with Gasteiger partial charge in [-0.1, -0.05) is 0 Å². The monoisotopic (exact) mass is 202 g/mol. The number of hydrogen-bond acceptors (Lipinski definition) is 4. The average molecular weight is 202 g/mol. The van der Waals surface area contributed by atoms with Crippen LogP contribution in [0.25, 0.3) is 0 Å². The minimum Gasteiger partial charge on any atom is -0.481 e. The zero-order valence-corrected chi connectivity index (χ0v) is 8.23. The van der Waals surface area contributed by atoms with Gasteiger partial charge in [-0.15, -0.1) is 0 Å². The Morgan fingerprint density at radius 3 is 2.21 bits per heavy atom. The molecule has 80 valence electrons. The third-order valence-corrected chi connectivity index (χ3v) is 2.67. The standard InChI is InChI=1S/C9H14O5/c1-13-5-3-6(8(10)11)7(4-5)9(12)14-2/h5-7H,3-4H2,1-2H3,(H,10,11)/t5-,6+,7+/m0/s1. The van der Waals surface area contributed by atoms with Crippen molar-refractivity contribution in [3.05, 3.63) is 0 Å². The molecule has 1 aliphatic carbocycles. The van der Waals surface area contributed by atoms with Gasteiger partial charge in [0.05, 0.1) is 25.0 Å². The second-order valence-corrected chi connectivity index (χ2v) is 3.40. The zero-order chi connectivity index (χ0) is 10.7. The molecule has 1 saturated carbocycles. The van der Waals surface area contributed by atoms with E-state index in [4.69, 9.17) is 9.84 Å². The van der Waals surface area contributed by atoms with Crippen LogP contribution in [0.15, 0.2) is 0 Å². The van der Waals surface area contributed by atoms with Crippen molar-refractivity contribution < 1.29 is 24.2 Å². The molecular formula is C9H14O5. The lowest BCUT2D eigenvalue weighted by atomic mass is 9.97. The lowest BCUT2D eigenvalue weighted by molar-refractivity contribution is -0.154. The van der Waals surface area contributed by atoms with Crippen LogP contribution in [0, 0.1) is 11.8 Å². The van der Waals surface area contributed by atoms with Crippen LogP contribution >= 0.6 is 0 Å². The molecule has 3 atom stereocenters. The number of esters is 1. The first-order valence-corrected chi connectivity index (χ1v) is 4.43. The maximum Gasteiger partial charge on any atom is 0.309 e. The van der Waals surface area contributed by atoms with Gasteiger partial charge < -0.3 is 14.6 Å². The average Bonchev–Trinajstić information content (AvgIpc) is 2.60. The summed E-state index contributed by atoms with van der Waals surface area (Å²) in [6.07, 6.45) is 0.659. The Balaban J connectivity index is 2.71. The van der Waals surface area contributed by atoms with Gasteiger partial charge in [0, 0.05) is 7.11 Å². The van der Waals surface area contributed by atoms with Gasteiger partial charge in [-0.2, -0.15) is 0 Å². The summed E-state index contributed by atoms with van der Waals surface area (Å²) >= 11 is 0. The van der Waals surface area contributed by atoms with E-state index in [0.717, 1.165) is 0 Å². The van der Waals surface area contributed by atoms with Crippen molar-refractivity contribution >= 4 is 11.9 Å². The van der Waals surface area contributed by atoms with Crippen LogP contribution in [0.3, 0.4) is 0 Å². The van der Waals surface area contributed by atoms with Gasteiger partial charge in [0.25, 0.3) is 0 Å². The molecule has 5 heteroatoms. The van der Waals surface area contributed by atoms with Gasteiger partial charge in [0.15, 0.2) is 0 Å². The van der Waals surface area contributed by atoms with E-state index in [0.29, 0.717) is 12.8 Å². The number of carbonyl (C=O) groups excluding carboxylic acids is 1. The predicted molar refractivity (Wildman–Crippen MR) is 46.7 cm³/mol. The Hall–Kier alpha value is -1.10. The lowest BCUT2D eigenvalue weighted by Gasteiger charge is -2.11. The molecule has 0 aromatic rings. The molecule has 0 aromatic carbocycles. The molecule has 1 N–H and O–H groups in total. The van der Waals surface area contributed by atoms with Gasteiger partial charge in [-0.3, -0.25) is 9.59 Å². The summed E-state index contributed by atoms with van der Waals surface area (Å²) in [5.74, 6) is -2.66. The summed E-state index contributed by atoms with van der Waals surface area (Å²) in [5, 5.41) is 8.88. The van der Waals surface area contributed by atoms with Crippen molar-refractivity contribution in [3.63, 3.8) is 0 Å². The van der Waals surface area contributed by atoms with Crippen molar-refractivity contribution in [3.8, 4) is 0 Å². The molecule has 0 heterocycles. The number of carbonyl (C=O) groups is 2. The van der Waals surface area contributed by atoms with Crippen LogP contribution in [-0.4, -0.2) is 37.4 Å². The van der Waals surface area contributed by atoms with Crippen LogP contribution in [0.2, 0.25) is 0 Å². The Bertz CT molecular complexity index is 237. The summed E-state index contributed by atoms with van der Waals surface area (Å²) in [6, 6.07) is 0. The van der Waals surface area contributed by atoms with Crippen LogP contribution in [0.4, 0.5) is 0 Å². The number of ether oxygens (including phenoxy) is 2. The number of carboxylic acids is 1. The Labute approximate surface area is 82.0 Å². The molecule has 0 spiro atoms. The lowest BCUT2D eigenvalue weighted by Crippen LogP contribution is -2.26. The molecule has 14 heavy (non-hydrogen) atoms. The molecule has 0 aromatic heterocycles. The molecule has 0 unspecified atom stereocenters. The molecule has 0 amide bonds. The first kappa shape index (κ1) is 11.0. The van der Waals surface area contributed by atoms with Crippen molar-refractivity contribution in [2.75, 3.05) is 14.2 Å². The van der Waals surface area contributed by atoms with E-state index >= 15 is 0 Å². The fourth-order valence-electron chi connectivity index (χ4n) is 1.87. The first-order chi connectivity index (χ1) is 6.60. The smallest absolute Gasteiger partial charge is 0.309 e. The summed E-state index contributed by atoms with van der Waals surface area (Å²) in [4.78, 5) is 22.1. The highest BCUT2D eigenvalue weighted by atomic mass is 16.5. The largest absolute Gasteiger partial charge is 0.481 e. The number of hydrogen-bond donors (Lipinski definition) is 1. The summed E-state index contributed by atoms with van der Waals surface area (Å²) in [7, 11) is 2.78. The topological polar surface area (TPSA) is 72.8 Å². The number of methoxy groups -OCH3 is 2. The van der Waals surface area contributed by atoms with Crippen molar-refractivity contribution in [1.29, 1.82) is 0 Å². The zero-order valence-electron chi connectivity index (χ0n) is 8.23. The van der Waals surface area contributed by atoms with E-state index in [1.54, 1.807) is 0 Å². The highest BCUT2D eigenvalue weighted by Gasteiger charge is 2.43. The molecule has 0 bridgehead atoms. The third kappa shape index (κ3) is 2.04. The number of aliphatic carboxylic acids is 1. The van der Waals surface area contributed by atoms with E-state index < -0.39 is 23.8 Å². The van der Waals surface area contributed by atoms with Gasteiger partial charge in [0.1, 0.15) is 0 Å². The molecule has 1 rings (SSSR count). The van der Waals surface area contributed by atoms with Gasteiger partial charge in [-0.05, 0) is 12.8 Å². The number of rotatable bonds is 3. The van der Waals surface area contributed by atoms with Gasteiger partial charge in [0.2, 0.25) is 0 Å². The minimum atomic E-state index is -0.958. The SMILES string of the molecule is COC(=O)[C@@H]1C[C@@H](OC)C[C@H]1C(=O)O. The maximum atomic E-state index is 11.2. The van der Waals surface area contributed by atoms with Crippen molar-refractivity contribution in [2.45, 2.75) is 18.9 Å². The van der Waals surface area contributed by atoms with E-state index in [-0.39, 0.29) is 6.10 Å². The third-order valence-electron chi connectivity index (χ3n) is 2.67. The van der Waals surface area contributed by atoms with E-state index in [9.17, 15) is 9.59 Å². The quantitative estimate of drug-likeness (QED) is 0.666. The summed E-state index contributed by atoms with van der Waals surface area (Å²) in [6.45, 7) is 0. The molecule has 0 aliphatic heterocycles. The summed E-state index contributed by atoms with van der Waals surface area (Å²) < 4.78 is 9.59. The Morgan fingerprint density at radius 2 is 1.79 bits per heavy atom. The fourth-order valence-corrected chi connectivity index (χ4v) is 1.87. The molecular weight excluding hydrogens is 188 g/mol. The molecule has 5 nitrogen and oxygen atoms in total. The normalized spacial score (nSPS) is 31.4. The van der Waals surface area contributed by atoms with E-state index in [2.05, 4.69) is 4.74 Å². The van der Waals surface area contributed by atoms with Crippen LogP contribution < -0.4 is 0 Å². The van der Waals surface area contributed by atoms with Gasteiger partial charge in [-0.25, -0.2) is 0 Å². The van der Waals surface area contributed by atoms with E-state index in [1.807, 2.05) is 0 Å². The second kappa shape index (κ2) is 4.41. The predicted octanol–water partition coefficient (Wildman–Crippen LogP) is 0.285. The van der Waals surface area contributed by atoms with Gasteiger partial charge >= 0.3 is 11.9 Å². The molecule has 1 aliphatic rings. The van der Waals surface area contributed by atoms with Crippen LogP contribution in [-0.2, 0) is 19.1 Å². The van der Waals surface area contributed by atoms with Crippen LogP contribution in [0.5, 0.6) is 0 Å². The maximum absolute atomic E-state index is 11.2. The van der Waals surface area contributed by atoms with Crippen molar-refractivity contribution in [2.24, 2.45) is 11.8 Å². The Morgan fingerprint density at radius 1 is 1.21 bits per heavy atom. The number of carboxylic acid groups (broad SMARTS) is 1. The van der Waals surface area contributed by atoms with Crippen molar-refractivity contribution in [1.82, 2.24) is 0 Å². The first-order valence-electron chi connectivity index (χ1n) is 4.43. The molecule has 0 saturated heterocycles. The Kier molecular flexibility index (Phi) is 3.46. The highest BCUT2D eigenvalue weighted by Crippen LogP contribution is 2.34. The molecule has 0 radical (unpaired) electrons. The minimum absolute atomic E-state index is 0.153. The second-order valence-electron chi connectivity index (χ2n) is 3.40. The summed E-state index contributed by atoms with van der Waals surface area (Å²) in [5.41, 5.74) is 0. The molecule has 1 fully saturated rings.